The van der Waals surface area contributed by atoms with Gasteiger partial charge in [0.2, 0.25) is 5.91 Å². The maximum Gasteiger partial charge on any atom is 0.416 e. The van der Waals surface area contributed by atoms with Crippen LogP contribution in [0.5, 0.6) is 0 Å². The Kier molecular flexibility index (Phi) is 7.18. The average molecular weight is 412 g/mol. The number of hydrogen-bond acceptors (Lipinski definition) is 4. The molecular weight excluding hydrogens is 389 g/mol. The number of carbonyl (C=O) groups is 1. The molecule has 0 spiro atoms. The molecule has 0 bridgehead atoms. The van der Waals surface area contributed by atoms with Crippen molar-refractivity contribution in [2.75, 3.05) is 32.1 Å². The van der Waals surface area contributed by atoms with Crippen LogP contribution >= 0.6 is 11.8 Å². The fourth-order valence-electron chi connectivity index (χ4n) is 3.13. The van der Waals surface area contributed by atoms with E-state index in [4.69, 9.17) is 4.74 Å². The van der Waals surface area contributed by atoms with Gasteiger partial charge < -0.3 is 9.64 Å². The van der Waals surface area contributed by atoms with Crippen LogP contribution in [0.2, 0.25) is 0 Å². The number of pyridine rings is 1. The molecule has 2 heterocycles. The number of ether oxygens (including phenoxy) is 1. The van der Waals surface area contributed by atoms with Gasteiger partial charge in [0.05, 0.1) is 24.3 Å². The molecule has 1 aliphatic heterocycles. The largest absolute Gasteiger partial charge is 0.416 e. The number of benzene rings is 1. The fourth-order valence-corrected chi connectivity index (χ4v) is 4.19. The van der Waals surface area contributed by atoms with Gasteiger partial charge in [-0.1, -0.05) is 12.5 Å². The van der Waals surface area contributed by atoms with Gasteiger partial charge >= 0.3 is 6.18 Å². The van der Waals surface area contributed by atoms with Crippen molar-refractivity contribution in [1.29, 1.82) is 0 Å². The Morgan fingerprint density at radius 3 is 2.68 bits per heavy atom. The van der Waals surface area contributed by atoms with Gasteiger partial charge in [0.15, 0.2) is 0 Å². The van der Waals surface area contributed by atoms with Gasteiger partial charge in [-0.25, -0.2) is 0 Å². The number of rotatable bonds is 7. The number of thioether (sulfide) groups is 1. The van der Waals surface area contributed by atoms with Crippen LogP contribution in [0, 0.1) is 0 Å². The maximum atomic E-state index is 12.8. The lowest BCUT2D eigenvalue weighted by molar-refractivity contribution is -0.137. The van der Waals surface area contributed by atoms with Crippen molar-refractivity contribution in [3.8, 4) is 0 Å². The summed E-state index contributed by atoms with van der Waals surface area (Å²) < 4.78 is 43.8. The van der Waals surface area contributed by atoms with Gasteiger partial charge in [-0.05, 0) is 36.8 Å². The van der Waals surface area contributed by atoms with E-state index in [2.05, 4.69) is 4.98 Å². The van der Waals surface area contributed by atoms with E-state index in [-0.39, 0.29) is 5.91 Å². The SMILES string of the molecule is O=C(CCCCCSc1ccnc2cc(C(F)(F)F)ccc12)N1CCOCC1. The molecule has 1 amide bonds. The second kappa shape index (κ2) is 9.60. The van der Waals surface area contributed by atoms with E-state index in [9.17, 15) is 18.0 Å². The molecule has 2 aromatic rings. The third-order valence-corrected chi connectivity index (χ3v) is 5.85. The number of amides is 1. The minimum absolute atomic E-state index is 0.191. The van der Waals surface area contributed by atoms with Gasteiger partial charge in [-0.2, -0.15) is 13.2 Å². The van der Waals surface area contributed by atoms with E-state index in [1.54, 1.807) is 18.0 Å². The quantitative estimate of drug-likeness (QED) is 0.486. The van der Waals surface area contributed by atoms with Crippen LogP contribution in [-0.2, 0) is 15.7 Å². The number of halogens is 3. The van der Waals surface area contributed by atoms with Crippen LogP contribution in [0.3, 0.4) is 0 Å². The molecule has 0 aliphatic carbocycles. The smallest absolute Gasteiger partial charge is 0.378 e. The van der Waals surface area contributed by atoms with E-state index in [0.717, 1.165) is 47.4 Å². The lowest BCUT2D eigenvalue weighted by Gasteiger charge is -2.26. The number of unbranched alkanes of at least 4 members (excludes halogenated alkanes) is 2. The van der Waals surface area contributed by atoms with Gasteiger partial charge in [0, 0.05) is 36.0 Å². The topological polar surface area (TPSA) is 42.4 Å². The van der Waals surface area contributed by atoms with Crippen LogP contribution in [0.1, 0.15) is 31.2 Å². The summed E-state index contributed by atoms with van der Waals surface area (Å²) >= 11 is 1.62. The monoisotopic (exact) mass is 412 g/mol. The van der Waals surface area contributed by atoms with Gasteiger partial charge in [-0.3, -0.25) is 9.78 Å². The minimum Gasteiger partial charge on any atom is -0.378 e. The lowest BCUT2D eigenvalue weighted by atomic mass is 10.1. The number of hydrogen-bond donors (Lipinski definition) is 0. The van der Waals surface area contributed by atoms with Crippen molar-refractivity contribution in [1.82, 2.24) is 9.88 Å². The van der Waals surface area contributed by atoms with Crippen molar-refractivity contribution in [3.05, 3.63) is 36.0 Å². The molecular formula is C20H23F3N2O2S. The van der Waals surface area contributed by atoms with E-state index in [1.165, 1.54) is 6.07 Å². The second-order valence-corrected chi connectivity index (χ2v) is 7.83. The summed E-state index contributed by atoms with van der Waals surface area (Å²) in [5.41, 5.74) is -0.324. The molecule has 1 fully saturated rings. The molecule has 1 aromatic heterocycles. The Morgan fingerprint density at radius 2 is 1.93 bits per heavy atom. The molecule has 3 rings (SSSR count). The lowest BCUT2D eigenvalue weighted by Crippen LogP contribution is -2.40. The first kappa shape index (κ1) is 20.9. The Balaban J connectivity index is 1.44. The summed E-state index contributed by atoms with van der Waals surface area (Å²) in [6.45, 7) is 2.60. The highest BCUT2D eigenvalue weighted by Gasteiger charge is 2.30. The highest BCUT2D eigenvalue weighted by Crippen LogP contribution is 2.33. The summed E-state index contributed by atoms with van der Waals surface area (Å²) in [7, 11) is 0. The number of fused-ring (bicyclic) bond motifs is 1. The Labute approximate surface area is 166 Å². The summed E-state index contributed by atoms with van der Waals surface area (Å²) in [5.74, 6) is 1.04. The summed E-state index contributed by atoms with van der Waals surface area (Å²) in [5, 5.41) is 0.739. The molecule has 8 heteroatoms. The highest BCUT2D eigenvalue weighted by atomic mass is 32.2. The van der Waals surface area contributed by atoms with E-state index in [0.29, 0.717) is 38.2 Å². The molecule has 152 valence electrons. The number of morpholine rings is 1. The first-order valence-corrected chi connectivity index (χ1v) is 10.4. The van der Waals surface area contributed by atoms with Crippen LogP contribution < -0.4 is 0 Å². The van der Waals surface area contributed by atoms with Crippen molar-refractivity contribution in [3.63, 3.8) is 0 Å². The zero-order valence-corrected chi connectivity index (χ0v) is 16.3. The van der Waals surface area contributed by atoms with Crippen LogP contribution in [-0.4, -0.2) is 47.8 Å². The average Bonchev–Trinajstić information content (AvgIpc) is 2.70. The Morgan fingerprint density at radius 1 is 1.14 bits per heavy atom. The summed E-state index contributed by atoms with van der Waals surface area (Å²) in [6.07, 6.45) is 0.491. The zero-order valence-electron chi connectivity index (χ0n) is 15.5. The molecule has 1 aromatic carbocycles. The van der Waals surface area contributed by atoms with E-state index >= 15 is 0 Å². The predicted molar refractivity (Wildman–Crippen MR) is 103 cm³/mol. The van der Waals surface area contributed by atoms with Gasteiger partial charge in [-0.15, -0.1) is 11.8 Å². The predicted octanol–water partition coefficient (Wildman–Crippen LogP) is 4.76. The van der Waals surface area contributed by atoms with Crippen molar-refractivity contribution < 1.29 is 22.7 Å². The first-order valence-electron chi connectivity index (χ1n) is 9.39. The molecule has 0 unspecified atom stereocenters. The van der Waals surface area contributed by atoms with Gasteiger partial charge in [0.25, 0.3) is 0 Å². The normalized spacial score (nSPS) is 15.2. The number of carbonyl (C=O) groups excluding carboxylic acids is 1. The molecule has 0 saturated carbocycles. The van der Waals surface area contributed by atoms with Crippen molar-refractivity contribution in [2.24, 2.45) is 0 Å². The van der Waals surface area contributed by atoms with Crippen LogP contribution in [0.25, 0.3) is 10.9 Å². The van der Waals surface area contributed by atoms with Crippen molar-refractivity contribution in [2.45, 2.75) is 36.8 Å². The maximum absolute atomic E-state index is 12.8. The molecule has 28 heavy (non-hydrogen) atoms. The third kappa shape index (κ3) is 5.61. The standard InChI is InChI=1S/C20H23F3N2O2S/c21-20(22,23)15-5-6-16-17(14-15)24-8-7-18(16)28-13-3-1-2-4-19(26)25-9-11-27-12-10-25/h5-8,14H,1-4,9-13H2. The molecule has 0 N–H and O–H groups in total. The Hall–Kier alpha value is -1.80. The third-order valence-electron chi connectivity index (χ3n) is 4.69. The van der Waals surface area contributed by atoms with E-state index in [1.807, 2.05) is 11.0 Å². The van der Waals surface area contributed by atoms with Gasteiger partial charge in [0.1, 0.15) is 0 Å². The second-order valence-electron chi connectivity index (χ2n) is 6.69. The summed E-state index contributed by atoms with van der Waals surface area (Å²) in [4.78, 5) is 18.9. The van der Waals surface area contributed by atoms with Crippen LogP contribution in [0.4, 0.5) is 13.2 Å². The molecule has 4 nitrogen and oxygen atoms in total. The molecule has 0 radical (unpaired) electrons. The molecule has 1 saturated heterocycles. The highest BCUT2D eigenvalue weighted by molar-refractivity contribution is 7.99. The number of nitrogens with zero attached hydrogens (tertiary/aromatic N) is 2. The minimum atomic E-state index is -4.36. The number of aromatic nitrogens is 1. The molecule has 0 atom stereocenters. The van der Waals surface area contributed by atoms with Crippen molar-refractivity contribution >= 4 is 28.6 Å². The molecule has 1 aliphatic rings. The Bertz CT molecular complexity index is 808. The zero-order chi connectivity index (χ0) is 20.0. The first-order chi connectivity index (χ1) is 13.4. The fraction of sp³-hybridized carbons (Fsp3) is 0.500. The number of alkyl halides is 3. The van der Waals surface area contributed by atoms with Crippen LogP contribution in [0.15, 0.2) is 35.4 Å². The van der Waals surface area contributed by atoms with E-state index < -0.39 is 11.7 Å². The summed E-state index contributed by atoms with van der Waals surface area (Å²) in [6, 6.07) is 5.53.